The van der Waals surface area contributed by atoms with Crippen LogP contribution in [0.5, 0.6) is 0 Å². The standard InChI is InChI=1S/C18H28N6S.HI/c1-2-19-17(20-11-15-13-24-9-10-25-18(24)22-15)21-14-7-8-23(12-14)16-5-3-4-6-16;/h9-10,13-14,16H,2-8,11-12H2,1H3,(H2,19,20,21);1H. The van der Waals surface area contributed by atoms with Crippen molar-refractivity contribution >= 4 is 46.2 Å². The second kappa shape index (κ2) is 9.36. The molecule has 1 aliphatic carbocycles. The van der Waals surface area contributed by atoms with Crippen molar-refractivity contribution in [1.29, 1.82) is 0 Å². The topological polar surface area (TPSA) is 57.0 Å². The van der Waals surface area contributed by atoms with Crippen LogP contribution < -0.4 is 10.6 Å². The van der Waals surface area contributed by atoms with Gasteiger partial charge in [0.25, 0.3) is 0 Å². The fraction of sp³-hybridized carbons (Fsp3) is 0.667. The van der Waals surface area contributed by atoms with Crippen LogP contribution in [0.2, 0.25) is 0 Å². The van der Waals surface area contributed by atoms with Crippen molar-refractivity contribution in [1.82, 2.24) is 24.9 Å². The van der Waals surface area contributed by atoms with Crippen molar-refractivity contribution in [3.8, 4) is 0 Å². The van der Waals surface area contributed by atoms with Gasteiger partial charge in [-0.25, -0.2) is 9.98 Å². The summed E-state index contributed by atoms with van der Waals surface area (Å²) in [4.78, 5) is 13.1. The first-order valence-corrected chi connectivity index (χ1v) is 10.4. The third kappa shape index (κ3) is 4.69. The lowest BCUT2D eigenvalue weighted by Crippen LogP contribution is -2.45. The van der Waals surface area contributed by atoms with E-state index < -0.39 is 0 Å². The van der Waals surface area contributed by atoms with Crippen LogP contribution in [-0.4, -0.2) is 52.0 Å². The summed E-state index contributed by atoms with van der Waals surface area (Å²) in [6, 6.07) is 1.33. The zero-order valence-electron chi connectivity index (χ0n) is 15.4. The molecule has 1 atom stereocenters. The van der Waals surface area contributed by atoms with Gasteiger partial charge in [0.05, 0.1) is 12.2 Å². The van der Waals surface area contributed by atoms with Gasteiger partial charge in [0, 0.05) is 49.5 Å². The number of likely N-dealkylation sites (tertiary alicyclic amines) is 1. The molecule has 2 aliphatic rings. The van der Waals surface area contributed by atoms with E-state index in [2.05, 4.69) is 43.4 Å². The van der Waals surface area contributed by atoms with Gasteiger partial charge in [0.1, 0.15) is 0 Å². The molecule has 26 heavy (non-hydrogen) atoms. The van der Waals surface area contributed by atoms with Crippen LogP contribution in [-0.2, 0) is 6.54 Å². The summed E-state index contributed by atoms with van der Waals surface area (Å²) in [6.07, 6.45) is 10.9. The van der Waals surface area contributed by atoms with Gasteiger partial charge in [0.2, 0.25) is 0 Å². The summed E-state index contributed by atoms with van der Waals surface area (Å²) in [5.74, 6) is 0.914. The molecule has 2 aromatic rings. The van der Waals surface area contributed by atoms with Crippen LogP contribution >= 0.6 is 35.3 Å². The largest absolute Gasteiger partial charge is 0.357 e. The number of thiazole rings is 1. The molecule has 1 aliphatic heterocycles. The van der Waals surface area contributed by atoms with Crippen LogP contribution in [0.25, 0.3) is 4.96 Å². The maximum absolute atomic E-state index is 4.75. The van der Waals surface area contributed by atoms with Crippen LogP contribution in [0.4, 0.5) is 0 Å². The second-order valence-electron chi connectivity index (χ2n) is 7.08. The Bertz CT molecular complexity index is 692. The number of hydrogen-bond acceptors (Lipinski definition) is 4. The first-order chi connectivity index (χ1) is 12.3. The quantitative estimate of drug-likeness (QED) is 0.386. The van der Waals surface area contributed by atoms with Crippen molar-refractivity contribution in [2.45, 2.75) is 57.7 Å². The van der Waals surface area contributed by atoms with Crippen LogP contribution in [0.15, 0.2) is 22.8 Å². The molecule has 144 valence electrons. The summed E-state index contributed by atoms with van der Waals surface area (Å²) in [7, 11) is 0. The molecule has 2 aromatic heterocycles. The normalized spacial score (nSPS) is 22.0. The zero-order valence-corrected chi connectivity index (χ0v) is 18.5. The average molecular weight is 488 g/mol. The molecule has 8 heteroatoms. The van der Waals surface area contributed by atoms with Crippen molar-refractivity contribution < 1.29 is 0 Å². The second-order valence-corrected chi connectivity index (χ2v) is 7.96. The number of rotatable bonds is 5. The number of imidazole rings is 1. The van der Waals surface area contributed by atoms with E-state index in [9.17, 15) is 0 Å². The molecule has 3 heterocycles. The van der Waals surface area contributed by atoms with Crippen molar-refractivity contribution in [2.75, 3.05) is 19.6 Å². The molecule has 1 saturated carbocycles. The highest BCUT2D eigenvalue weighted by Crippen LogP contribution is 2.26. The molecule has 6 nitrogen and oxygen atoms in total. The Morgan fingerprint density at radius 1 is 1.35 bits per heavy atom. The highest BCUT2D eigenvalue weighted by molar-refractivity contribution is 14.0. The highest BCUT2D eigenvalue weighted by atomic mass is 127. The third-order valence-electron chi connectivity index (χ3n) is 5.29. The number of hydrogen-bond donors (Lipinski definition) is 2. The average Bonchev–Trinajstić information content (AvgIpc) is 3.35. The lowest BCUT2D eigenvalue weighted by molar-refractivity contribution is 0.242. The summed E-state index contributed by atoms with van der Waals surface area (Å²) < 4.78 is 2.06. The Hall–Kier alpha value is -0.870. The number of fused-ring (bicyclic) bond motifs is 1. The van der Waals surface area contributed by atoms with E-state index in [-0.39, 0.29) is 24.0 Å². The van der Waals surface area contributed by atoms with E-state index in [1.807, 2.05) is 6.20 Å². The Balaban J connectivity index is 0.00000196. The monoisotopic (exact) mass is 488 g/mol. The highest BCUT2D eigenvalue weighted by Gasteiger charge is 2.30. The smallest absolute Gasteiger partial charge is 0.193 e. The molecular weight excluding hydrogens is 459 g/mol. The fourth-order valence-corrected chi connectivity index (χ4v) is 4.75. The molecule has 2 fully saturated rings. The van der Waals surface area contributed by atoms with Crippen LogP contribution in [0.3, 0.4) is 0 Å². The summed E-state index contributed by atoms with van der Waals surface area (Å²) >= 11 is 1.66. The number of halogens is 1. The van der Waals surface area contributed by atoms with Crippen molar-refractivity contribution in [3.05, 3.63) is 23.5 Å². The van der Waals surface area contributed by atoms with Crippen molar-refractivity contribution in [2.24, 2.45) is 4.99 Å². The van der Waals surface area contributed by atoms with E-state index >= 15 is 0 Å². The lowest BCUT2D eigenvalue weighted by Gasteiger charge is -2.24. The van der Waals surface area contributed by atoms with E-state index in [1.54, 1.807) is 11.3 Å². The predicted molar refractivity (Wildman–Crippen MR) is 119 cm³/mol. The van der Waals surface area contributed by atoms with E-state index in [1.165, 1.54) is 38.6 Å². The molecule has 0 radical (unpaired) electrons. The molecule has 0 spiro atoms. The zero-order chi connectivity index (χ0) is 17.1. The van der Waals surface area contributed by atoms with Gasteiger partial charge in [-0.2, -0.15) is 0 Å². The molecule has 0 amide bonds. The maximum atomic E-state index is 4.75. The molecule has 0 aromatic carbocycles. The first-order valence-electron chi connectivity index (χ1n) is 9.52. The van der Waals surface area contributed by atoms with Gasteiger partial charge < -0.3 is 10.6 Å². The lowest BCUT2D eigenvalue weighted by atomic mass is 10.2. The SMILES string of the molecule is CCNC(=NCc1cn2ccsc2n1)NC1CCN(C2CCCC2)C1.I. The fourth-order valence-electron chi connectivity index (χ4n) is 4.03. The summed E-state index contributed by atoms with van der Waals surface area (Å²) in [5.41, 5.74) is 1.02. The maximum Gasteiger partial charge on any atom is 0.193 e. The Morgan fingerprint density at radius 3 is 2.96 bits per heavy atom. The summed E-state index contributed by atoms with van der Waals surface area (Å²) in [5, 5.41) is 9.07. The molecule has 1 unspecified atom stereocenters. The minimum atomic E-state index is 0. The van der Waals surface area contributed by atoms with Crippen LogP contribution in [0, 0.1) is 0 Å². The van der Waals surface area contributed by atoms with E-state index in [4.69, 9.17) is 4.99 Å². The Kier molecular flexibility index (Phi) is 7.16. The molecular formula is C18H29IN6S. The van der Waals surface area contributed by atoms with Gasteiger partial charge in [0.15, 0.2) is 10.9 Å². The summed E-state index contributed by atoms with van der Waals surface area (Å²) in [6.45, 7) is 5.98. The Morgan fingerprint density at radius 2 is 2.19 bits per heavy atom. The predicted octanol–water partition coefficient (Wildman–Crippen LogP) is 3.09. The number of nitrogens with zero attached hydrogens (tertiary/aromatic N) is 4. The molecule has 4 rings (SSSR count). The number of aliphatic imine (C=N–C) groups is 1. The third-order valence-corrected chi connectivity index (χ3v) is 6.06. The first kappa shape index (κ1) is 19.9. The van der Waals surface area contributed by atoms with Gasteiger partial charge in [-0.15, -0.1) is 35.3 Å². The van der Waals surface area contributed by atoms with Gasteiger partial charge in [-0.05, 0) is 26.2 Å². The Labute approximate surface area is 176 Å². The van der Waals surface area contributed by atoms with E-state index in [0.29, 0.717) is 12.6 Å². The van der Waals surface area contributed by atoms with Gasteiger partial charge in [-0.1, -0.05) is 12.8 Å². The minimum absolute atomic E-state index is 0. The van der Waals surface area contributed by atoms with Crippen LogP contribution in [0.1, 0.15) is 44.7 Å². The minimum Gasteiger partial charge on any atom is -0.357 e. The number of guanidine groups is 1. The van der Waals surface area contributed by atoms with Crippen molar-refractivity contribution in [3.63, 3.8) is 0 Å². The molecule has 2 N–H and O–H groups in total. The molecule has 0 bridgehead atoms. The van der Waals surface area contributed by atoms with Gasteiger partial charge >= 0.3 is 0 Å². The van der Waals surface area contributed by atoms with Gasteiger partial charge in [-0.3, -0.25) is 9.30 Å². The molecule has 1 saturated heterocycles. The number of nitrogens with one attached hydrogen (secondary N) is 2. The number of aromatic nitrogens is 2. The van der Waals surface area contributed by atoms with E-state index in [0.717, 1.165) is 35.7 Å².